The van der Waals surface area contributed by atoms with Crippen LogP contribution in [0.5, 0.6) is 0 Å². The Morgan fingerprint density at radius 2 is 2.14 bits per heavy atom. The third-order valence-corrected chi connectivity index (χ3v) is 2.96. The largest absolute Gasteiger partial charge is 0.376 e. The lowest BCUT2D eigenvalue weighted by atomic mass is 10.3. The predicted octanol–water partition coefficient (Wildman–Crippen LogP) is 1.73. The zero-order chi connectivity index (χ0) is 9.64. The highest BCUT2D eigenvalue weighted by molar-refractivity contribution is 5.83. The first-order valence-electron chi connectivity index (χ1n) is 5.84. The van der Waals surface area contributed by atoms with Gasteiger partial charge in [0, 0.05) is 19.5 Å². The van der Waals surface area contributed by atoms with Gasteiger partial charge in [-0.3, -0.25) is 4.99 Å². The molecule has 0 aromatic carbocycles. The fourth-order valence-corrected chi connectivity index (χ4v) is 2.16. The smallest absolute Gasteiger partial charge is 0.0964 e. The van der Waals surface area contributed by atoms with E-state index in [9.17, 15) is 0 Å². The molecule has 2 aliphatic rings. The first-order chi connectivity index (χ1) is 6.95. The van der Waals surface area contributed by atoms with Crippen LogP contribution in [-0.2, 0) is 4.74 Å². The van der Waals surface area contributed by atoms with Crippen molar-refractivity contribution < 1.29 is 4.74 Å². The second-order valence-corrected chi connectivity index (χ2v) is 4.14. The summed E-state index contributed by atoms with van der Waals surface area (Å²) in [5, 5.41) is 3.33. The van der Waals surface area contributed by atoms with Crippen LogP contribution < -0.4 is 5.32 Å². The fourth-order valence-electron chi connectivity index (χ4n) is 2.16. The van der Waals surface area contributed by atoms with Gasteiger partial charge < -0.3 is 10.1 Å². The van der Waals surface area contributed by atoms with Crippen LogP contribution in [0.3, 0.4) is 0 Å². The molecule has 1 N–H and O–H groups in total. The van der Waals surface area contributed by atoms with Gasteiger partial charge in [0.25, 0.3) is 0 Å². The summed E-state index contributed by atoms with van der Waals surface area (Å²) in [6.07, 6.45) is 8.12. The number of rotatable bonds is 4. The molecule has 0 aromatic rings. The van der Waals surface area contributed by atoms with E-state index >= 15 is 0 Å². The second kappa shape index (κ2) is 5.35. The third kappa shape index (κ3) is 2.98. The maximum absolute atomic E-state index is 5.75. The summed E-state index contributed by atoms with van der Waals surface area (Å²) in [5.74, 6) is 1.18. The maximum atomic E-state index is 5.75. The van der Waals surface area contributed by atoms with E-state index in [1.54, 1.807) is 0 Å². The molecule has 3 nitrogen and oxygen atoms in total. The quantitative estimate of drug-likeness (QED) is 0.695. The molecular weight excluding hydrogens is 176 g/mol. The third-order valence-electron chi connectivity index (χ3n) is 2.96. The molecule has 0 aromatic heterocycles. The van der Waals surface area contributed by atoms with Crippen LogP contribution in [0.4, 0.5) is 0 Å². The topological polar surface area (TPSA) is 33.6 Å². The average Bonchev–Trinajstić information content (AvgIpc) is 2.86. The average molecular weight is 196 g/mol. The number of aliphatic imine (C=N–C) groups is 1. The molecule has 1 aliphatic carbocycles. The van der Waals surface area contributed by atoms with Gasteiger partial charge in [0.05, 0.1) is 18.5 Å². The molecule has 3 heteroatoms. The van der Waals surface area contributed by atoms with Crippen LogP contribution in [0, 0.1) is 0 Å². The standard InChI is InChI=1S/C11H20N2O/c1-2-5-10(4-1)14-9-8-13-11-6-3-7-12-11/h10H,1-9H2,(H,12,13). The molecule has 0 radical (unpaired) electrons. The Hall–Kier alpha value is -0.570. The van der Waals surface area contributed by atoms with Crippen molar-refractivity contribution in [1.29, 1.82) is 0 Å². The van der Waals surface area contributed by atoms with E-state index in [0.29, 0.717) is 6.10 Å². The number of hydrogen-bond acceptors (Lipinski definition) is 3. The second-order valence-electron chi connectivity index (χ2n) is 4.14. The van der Waals surface area contributed by atoms with E-state index in [-0.39, 0.29) is 0 Å². The number of ether oxygens (including phenoxy) is 1. The predicted molar refractivity (Wildman–Crippen MR) is 57.7 cm³/mol. The van der Waals surface area contributed by atoms with Crippen LogP contribution in [0.25, 0.3) is 0 Å². The van der Waals surface area contributed by atoms with Crippen molar-refractivity contribution in [3.8, 4) is 0 Å². The zero-order valence-electron chi connectivity index (χ0n) is 8.80. The molecule has 0 bridgehead atoms. The van der Waals surface area contributed by atoms with Gasteiger partial charge in [0.15, 0.2) is 0 Å². The summed E-state index contributed by atoms with van der Waals surface area (Å²) in [7, 11) is 0. The van der Waals surface area contributed by atoms with Crippen LogP contribution in [0.2, 0.25) is 0 Å². The summed E-state index contributed by atoms with van der Waals surface area (Å²) >= 11 is 0. The Labute approximate surface area is 85.9 Å². The van der Waals surface area contributed by atoms with Crippen molar-refractivity contribution in [3.63, 3.8) is 0 Å². The SMILES string of the molecule is C1CN=C(NCCOC2CCCC2)C1. The zero-order valence-corrected chi connectivity index (χ0v) is 8.80. The van der Waals surface area contributed by atoms with E-state index in [0.717, 1.165) is 26.1 Å². The van der Waals surface area contributed by atoms with Crippen LogP contribution in [-0.4, -0.2) is 31.6 Å². The highest BCUT2D eigenvalue weighted by Gasteiger charge is 2.14. The molecule has 1 heterocycles. The van der Waals surface area contributed by atoms with Crippen molar-refractivity contribution >= 4 is 5.84 Å². The Morgan fingerprint density at radius 3 is 2.86 bits per heavy atom. The minimum Gasteiger partial charge on any atom is -0.376 e. The van der Waals surface area contributed by atoms with Gasteiger partial charge in [-0.1, -0.05) is 12.8 Å². The fraction of sp³-hybridized carbons (Fsp3) is 0.909. The van der Waals surface area contributed by atoms with Crippen molar-refractivity contribution in [1.82, 2.24) is 5.32 Å². The monoisotopic (exact) mass is 196 g/mol. The van der Waals surface area contributed by atoms with Gasteiger partial charge in [-0.2, -0.15) is 0 Å². The molecule has 1 saturated carbocycles. The van der Waals surface area contributed by atoms with Crippen molar-refractivity contribution in [3.05, 3.63) is 0 Å². The maximum Gasteiger partial charge on any atom is 0.0964 e. The van der Waals surface area contributed by atoms with Gasteiger partial charge in [0.2, 0.25) is 0 Å². The summed E-state index contributed by atoms with van der Waals surface area (Å²) in [5.41, 5.74) is 0. The summed E-state index contributed by atoms with van der Waals surface area (Å²) in [6.45, 7) is 2.77. The molecule has 2 rings (SSSR count). The molecule has 0 saturated heterocycles. The molecule has 1 fully saturated rings. The van der Waals surface area contributed by atoms with E-state index in [4.69, 9.17) is 4.74 Å². The Bertz CT molecular complexity index is 197. The number of amidine groups is 1. The van der Waals surface area contributed by atoms with E-state index in [2.05, 4.69) is 10.3 Å². The van der Waals surface area contributed by atoms with Crippen LogP contribution in [0.15, 0.2) is 4.99 Å². The van der Waals surface area contributed by atoms with E-state index < -0.39 is 0 Å². The molecule has 0 unspecified atom stereocenters. The van der Waals surface area contributed by atoms with Gasteiger partial charge in [-0.15, -0.1) is 0 Å². The number of nitrogens with zero attached hydrogens (tertiary/aromatic N) is 1. The van der Waals surface area contributed by atoms with E-state index in [1.165, 1.54) is 37.9 Å². The van der Waals surface area contributed by atoms with Crippen molar-refractivity contribution in [2.45, 2.75) is 44.6 Å². The van der Waals surface area contributed by atoms with Gasteiger partial charge >= 0.3 is 0 Å². The number of nitrogens with one attached hydrogen (secondary N) is 1. The summed E-state index contributed by atoms with van der Waals surface area (Å²) in [6, 6.07) is 0. The summed E-state index contributed by atoms with van der Waals surface area (Å²) < 4.78 is 5.75. The lowest BCUT2D eigenvalue weighted by Gasteiger charge is -2.11. The molecule has 14 heavy (non-hydrogen) atoms. The van der Waals surface area contributed by atoms with Crippen LogP contribution >= 0.6 is 0 Å². The highest BCUT2D eigenvalue weighted by Crippen LogP contribution is 2.20. The van der Waals surface area contributed by atoms with Crippen molar-refractivity contribution in [2.75, 3.05) is 19.7 Å². The first-order valence-corrected chi connectivity index (χ1v) is 5.84. The first kappa shape index (κ1) is 9.97. The minimum absolute atomic E-state index is 0.544. The molecule has 0 atom stereocenters. The van der Waals surface area contributed by atoms with Gasteiger partial charge in [-0.25, -0.2) is 0 Å². The van der Waals surface area contributed by atoms with Gasteiger partial charge in [-0.05, 0) is 19.3 Å². The lowest BCUT2D eigenvalue weighted by Crippen LogP contribution is -2.27. The molecule has 0 amide bonds. The van der Waals surface area contributed by atoms with Gasteiger partial charge in [0.1, 0.15) is 0 Å². The summed E-state index contributed by atoms with van der Waals surface area (Å²) in [4.78, 5) is 4.36. The molecule has 0 spiro atoms. The number of hydrogen-bond donors (Lipinski definition) is 1. The lowest BCUT2D eigenvalue weighted by molar-refractivity contribution is 0.0623. The Morgan fingerprint density at radius 1 is 1.29 bits per heavy atom. The van der Waals surface area contributed by atoms with Crippen molar-refractivity contribution in [2.24, 2.45) is 4.99 Å². The van der Waals surface area contributed by atoms with Crippen LogP contribution in [0.1, 0.15) is 38.5 Å². The van der Waals surface area contributed by atoms with E-state index in [1.807, 2.05) is 0 Å². The normalized spacial score (nSPS) is 22.7. The molecule has 1 aliphatic heterocycles. The Kier molecular flexibility index (Phi) is 3.80. The molecule has 80 valence electrons. The highest BCUT2D eigenvalue weighted by atomic mass is 16.5. The Balaban J connectivity index is 1.50. The minimum atomic E-state index is 0.544. The molecular formula is C11H20N2O.